The van der Waals surface area contributed by atoms with E-state index in [9.17, 15) is 13.2 Å². The first-order chi connectivity index (χ1) is 13.8. The second kappa shape index (κ2) is 8.65. The molecule has 0 aliphatic heterocycles. The molecule has 0 saturated heterocycles. The SMILES string of the molecule is CCS(=O)(=O)CCNC(=O)c1cc2ccccc2cc1OCc1c(C)noc1C. The number of carbonyl (C=O) groups excluding carboxylic acids is 1. The van der Waals surface area contributed by atoms with Crippen molar-refractivity contribution in [2.45, 2.75) is 27.4 Å². The van der Waals surface area contributed by atoms with Crippen molar-refractivity contribution in [2.24, 2.45) is 0 Å². The first-order valence-electron chi connectivity index (χ1n) is 9.36. The first-order valence-corrected chi connectivity index (χ1v) is 11.2. The number of hydrogen-bond acceptors (Lipinski definition) is 6. The monoisotopic (exact) mass is 416 g/mol. The molecule has 3 rings (SSSR count). The molecule has 0 aliphatic rings. The van der Waals surface area contributed by atoms with E-state index in [0.29, 0.717) is 17.1 Å². The van der Waals surface area contributed by atoms with Crippen LogP contribution in [0.2, 0.25) is 0 Å². The highest BCUT2D eigenvalue weighted by atomic mass is 32.2. The van der Waals surface area contributed by atoms with Gasteiger partial charge in [0.05, 0.1) is 22.6 Å². The standard InChI is InChI=1S/C21H24N2O5S/c1-4-29(25,26)10-9-22-21(24)18-11-16-7-5-6-8-17(16)12-20(18)27-13-19-14(2)23-28-15(19)3/h5-8,11-12H,4,9-10,13H2,1-3H3,(H,22,24). The summed E-state index contributed by atoms with van der Waals surface area (Å²) in [6, 6.07) is 11.2. The molecule has 0 unspecified atom stereocenters. The lowest BCUT2D eigenvalue weighted by Crippen LogP contribution is -2.30. The Morgan fingerprint density at radius 2 is 1.86 bits per heavy atom. The van der Waals surface area contributed by atoms with E-state index in [4.69, 9.17) is 9.26 Å². The lowest BCUT2D eigenvalue weighted by molar-refractivity contribution is 0.0952. The van der Waals surface area contributed by atoms with Gasteiger partial charge in [-0.3, -0.25) is 4.79 Å². The number of amides is 1. The van der Waals surface area contributed by atoms with E-state index < -0.39 is 9.84 Å². The van der Waals surface area contributed by atoms with E-state index in [2.05, 4.69) is 10.5 Å². The van der Waals surface area contributed by atoms with Gasteiger partial charge >= 0.3 is 0 Å². The van der Waals surface area contributed by atoms with Crippen molar-refractivity contribution in [2.75, 3.05) is 18.1 Å². The van der Waals surface area contributed by atoms with Gasteiger partial charge in [-0.15, -0.1) is 0 Å². The van der Waals surface area contributed by atoms with Gasteiger partial charge in [-0.1, -0.05) is 36.3 Å². The maximum Gasteiger partial charge on any atom is 0.255 e. The molecule has 0 saturated carbocycles. The van der Waals surface area contributed by atoms with Crippen LogP contribution in [0.25, 0.3) is 10.8 Å². The maximum atomic E-state index is 12.8. The highest BCUT2D eigenvalue weighted by molar-refractivity contribution is 7.91. The van der Waals surface area contributed by atoms with E-state index in [1.807, 2.05) is 37.3 Å². The predicted molar refractivity (Wildman–Crippen MR) is 111 cm³/mol. The minimum atomic E-state index is -3.15. The molecule has 0 spiro atoms. The Morgan fingerprint density at radius 3 is 2.48 bits per heavy atom. The van der Waals surface area contributed by atoms with Crippen LogP contribution in [-0.4, -0.2) is 37.5 Å². The second-order valence-corrected chi connectivity index (χ2v) is 9.25. The van der Waals surface area contributed by atoms with Crippen LogP contribution in [0, 0.1) is 13.8 Å². The number of ether oxygens (including phenoxy) is 1. The molecule has 1 N–H and O–H groups in total. The van der Waals surface area contributed by atoms with Crippen molar-refractivity contribution in [3.05, 3.63) is 59.0 Å². The summed E-state index contributed by atoms with van der Waals surface area (Å²) < 4.78 is 34.5. The summed E-state index contributed by atoms with van der Waals surface area (Å²) in [4.78, 5) is 12.8. The maximum absolute atomic E-state index is 12.8. The topological polar surface area (TPSA) is 98.5 Å². The third-order valence-electron chi connectivity index (χ3n) is 4.78. The zero-order chi connectivity index (χ0) is 21.0. The Kier molecular flexibility index (Phi) is 6.22. The fourth-order valence-corrected chi connectivity index (χ4v) is 3.64. The summed E-state index contributed by atoms with van der Waals surface area (Å²) in [6.07, 6.45) is 0. The largest absolute Gasteiger partial charge is 0.488 e. The molecular weight excluding hydrogens is 392 g/mol. The van der Waals surface area contributed by atoms with Gasteiger partial charge in [0.1, 0.15) is 18.1 Å². The number of nitrogens with one attached hydrogen (secondary N) is 1. The molecule has 1 heterocycles. The van der Waals surface area contributed by atoms with Crippen LogP contribution in [0.3, 0.4) is 0 Å². The summed E-state index contributed by atoms with van der Waals surface area (Å²) in [7, 11) is -3.15. The van der Waals surface area contributed by atoms with Crippen LogP contribution < -0.4 is 10.1 Å². The average molecular weight is 416 g/mol. The van der Waals surface area contributed by atoms with E-state index in [-0.39, 0.29) is 30.6 Å². The van der Waals surface area contributed by atoms with Gasteiger partial charge in [0.2, 0.25) is 0 Å². The smallest absolute Gasteiger partial charge is 0.255 e. The van der Waals surface area contributed by atoms with Crippen molar-refractivity contribution in [1.82, 2.24) is 10.5 Å². The van der Waals surface area contributed by atoms with E-state index in [1.165, 1.54) is 0 Å². The number of nitrogens with zero attached hydrogens (tertiary/aromatic N) is 1. The lowest BCUT2D eigenvalue weighted by atomic mass is 10.1. The van der Waals surface area contributed by atoms with Crippen molar-refractivity contribution in [3.8, 4) is 5.75 Å². The van der Waals surface area contributed by atoms with E-state index >= 15 is 0 Å². The summed E-state index contributed by atoms with van der Waals surface area (Å²) in [5.74, 6) is 0.650. The zero-order valence-electron chi connectivity index (χ0n) is 16.7. The van der Waals surface area contributed by atoms with Gasteiger partial charge in [-0.2, -0.15) is 0 Å². The molecule has 0 bridgehead atoms. The number of aromatic nitrogens is 1. The van der Waals surface area contributed by atoms with Gasteiger partial charge in [0.25, 0.3) is 5.91 Å². The number of carbonyl (C=O) groups is 1. The summed E-state index contributed by atoms with van der Waals surface area (Å²) >= 11 is 0. The minimum absolute atomic E-state index is 0.0463. The highest BCUT2D eigenvalue weighted by Crippen LogP contribution is 2.27. The molecule has 0 aliphatic carbocycles. The highest BCUT2D eigenvalue weighted by Gasteiger charge is 2.17. The molecule has 0 atom stereocenters. The van der Waals surface area contributed by atoms with Crippen LogP contribution in [0.1, 0.15) is 34.3 Å². The molecule has 8 heteroatoms. The Hall–Kier alpha value is -2.87. The van der Waals surface area contributed by atoms with Crippen LogP contribution in [-0.2, 0) is 16.4 Å². The number of rotatable bonds is 8. The molecular formula is C21H24N2O5S. The number of benzene rings is 2. The number of hydrogen-bond donors (Lipinski definition) is 1. The first kappa shape index (κ1) is 20.9. The van der Waals surface area contributed by atoms with Gasteiger partial charge in [0.15, 0.2) is 9.84 Å². The quantitative estimate of drug-likeness (QED) is 0.606. The molecule has 1 amide bonds. The Labute approximate surface area is 170 Å². The van der Waals surface area contributed by atoms with Crippen molar-refractivity contribution in [3.63, 3.8) is 0 Å². The molecule has 154 valence electrons. The summed E-state index contributed by atoms with van der Waals surface area (Å²) in [5.41, 5.74) is 1.92. The fraction of sp³-hybridized carbons (Fsp3) is 0.333. The normalized spacial score (nSPS) is 11.6. The fourth-order valence-electron chi connectivity index (χ4n) is 2.93. The number of sulfone groups is 1. The van der Waals surface area contributed by atoms with Crippen molar-refractivity contribution < 1.29 is 22.5 Å². The molecule has 2 aromatic carbocycles. The number of aryl methyl sites for hydroxylation is 2. The summed E-state index contributed by atoms with van der Waals surface area (Å²) in [6.45, 7) is 5.48. The molecule has 1 aromatic heterocycles. The van der Waals surface area contributed by atoms with Crippen LogP contribution in [0.15, 0.2) is 40.9 Å². The van der Waals surface area contributed by atoms with Gasteiger partial charge in [-0.05, 0) is 36.8 Å². The van der Waals surface area contributed by atoms with Crippen molar-refractivity contribution >= 4 is 26.5 Å². The molecule has 0 radical (unpaired) electrons. The van der Waals surface area contributed by atoms with Gasteiger partial charge < -0.3 is 14.6 Å². The Bertz CT molecular complexity index is 1120. The van der Waals surface area contributed by atoms with Gasteiger partial charge in [-0.25, -0.2) is 8.42 Å². The second-order valence-electron chi connectivity index (χ2n) is 6.78. The molecule has 29 heavy (non-hydrogen) atoms. The summed E-state index contributed by atoms with van der Waals surface area (Å²) in [5, 5.41) is 8.43. The van der Waals surface area contributed by atoms with Crippen LogP contribution in [0.5, 0.6) is 5.75 Å². The number of fused-ring (bicyclic) bond motifs is 1. The molecule has 7 nitrogen and oxygen atoms in total. The lowest BCUT2D eigenvalue weighted by Gasteiger charge is -2.13. The third kappa shape index (κ3) is 4.95. The molecule has 3 aromatic rings. The van der Waals surface area contributed by atoms with E-state index in [1.54, 1.807) is 19.9 Å². The minimum Gasteiger partial charge on any atom is -0.488 e. The van der Waals surface area contributed by atoms with Gasteiger partial charge in [0, 0.05) is 12.3 Å². The van der Waals surface area contributed by atoms with Crippen LogP contribution in [0.4, 0.5) is 0 Å². The Balaban J connectivity index is 1.85. The molecule has 0 fully saturated rings. The third-order valence-corrected chi connectivity index (χ3v) is 6.49. The zero-order valence-corrected chi connectivity index (χ0v) is 17.5. The Morgan fingerprint density at radius 1 is 1.17 bits per heavy atom. The van der Waals surface area contributed by atoms with Crippen molar-refractivity contribution in [1.29, 1.82) is 0 Å². The average Bonchev–Trinajstić information content (AvgIpc) is 3.03. The van der Waals surface area contributed by atoms with E-state index in [0.717, 1.165) is 22.0 Å². The predicted octanol–water partition coefficient (Wildman–Crippen LogP) is 3.19. The van der Waals surface area contributed by atoms with Crippen LogP contribution >= 0.6 is 0 Å².